The van der Waals surface area contributed by atoms with Gasteiger partial charge in [0.05, 0.1) is 0 Å². The second-order valence-corrected chi connectivity index (χ2v) is 3.26. The van der Waals surface area contributed by atoms with E-state index in [4.69, 9.17) is 0 Å². The molecule has 0 aromatic heterocycles. The third-order valence-corrected chi connectivity index (χ3v) is 2.15. The maximum Gasteiger partial charge on any atom is 0.223 e. The quantitative estimate of drug-likeness (QED) is 0.530. The summed E-state index contributed by atoms with van der Waals surface area (Å²) in [6.45, 7) is 3.54. The minimum Gasteiger partial charge on any atom is -0.339 e. The van der Waals surface area contributed by atoms with Gasteiger partial charge in [-0.15, -0.1) is 0 Å². The standard InChI is InChI=1S/C8H12N2O2/c11-7(9-3-4-9)1-2-8(12)10-5-6-10/h1-6H2. The lowest BCUT2D eigenvalue weighted by atomic mass is 10.3. The predicted molar refractivity (Wildman–Crippen MR) is 42.4 cm³/mol. The Kier molecular flexibility index (Phi) is 1.75. The summed E-state index contributed by atoms with van der Waals surface area (Å²) in [6.07, 6.45) is 0.796. The highest BCUT2D eigenvalue weighted by Crippen LogP contribution is 2.11. The first-order valence-electron chi connectivity index (χ1n) is 4.33. The number of carbonyl (C=O) groups excluding carboxylic acids is 2. The van der Waals surface area contributed by atoms with Crippen molar-refractivity contribution in [1.29, 1.82) is 0 Å². The van der Waals surface area contributed by atoms with Gasteiger partial charge in [-0.25, -0.2) is 0 Å². The monoisotopic (exact) mass is 168 g/mol. The van der Waals surface area contributed by atoms with Crippen LogP contribution in [0.1, 0.15) is 12.8 Å². The molecule has 0 aromatic carbocycles. The van der Waals surface area contributed by atoms with Crippen LogP contribution in [0.2, 0.25) is 0 Å². The summed E-state index contributed by atoms with van der Waals surface area (Å²) in [5, 5.41) is 0. The fourth-order valence-corrected chi connectivity index (χ4v) is 1.13. The molecule has 0 radical (unpaired) electrons. The molecule has 4 nitrogen and oxygen atoms in total. The molecular formula is C8H12N2O2. The third-order valence-electron chi connectivity index (χ3n) is 2.15. The van der Waals surface area contributed by atoms with E-state index >= 15 is 0 Å². The van der Waals surface area contributed by atoms with Crippen LogP contribution in [0, 0.1) is 0 Å². The fraction of sp³-hybridized carbons (Fsp3) is 0.750. The van der Waals surface area contributed by atoms with Crippen molar-refractivity contribution in [2.45, 2.75) is 12.8 Å². The van der Waals surface area contributed by atoms with Crippen LogP contribution in [0.25, 0.3) is 0 Å². The number of amides is 2. The van der Waals surface area contributed by atoms with Crippen LogP contribution in [0.4, 0.5) is 0 Å². The molecular weight excluding hydrogens is 156 g/mol. The molecule has 0 aliphatic carbocycles. The Balaban J connectivity index is 1.66. The van der Waals surface area contributed by atoms with Crippen LogP contribution < -0.4 is 0 Å². The zero-order chi connectivity index (χ0) is 8.55. The molecule has 12 heavy (non-hydrogen) atoms. The summed E-state index contributed by atoms with van der Waals surface area (Å²) in [5.41, 5.74) is 0. The van der Waals surface area contributed by atoms with Gasteiger partial charge >= 0.3 is 0 Å². The van der Waals surface area contributed by atoms with E-state index in [9.17, 15) is 9.59 Å². The number of nitrogens with zero attached hydrogens (tertiary/aromatic N) is 2. The minimum absolute atomic E-state index is 0.130. The lowest BCUT2D eigenvalue weighted by molar-refractivity contribution is -0.131. The Labute approximate surface area is 71.1 Å². The summed E-state index contributed by atoms with van der Waals surface area (Å²) < 4.78 is 0. The molecule has 0 saturated carbocycles. The van der Waals surface area contributed by atoms with Gasteiger partial charge in [0.15, 0.2) is 0 Å². The number of hydrogen-bond acceptors (Lipinski definition) is 2. The minimum atomic E-state index is 0.130. The molecule has 2 aliphatic rings. The smallest absolute Gasteiger partial charge is 0.223 e. The van der Waals surface area contributed by atoms with Crippen molar-refractivity contribution < 1.29 is 9.59 Å². The third kappa shape index (κ3) is 1.75. The van der Waals surface area contributed by atoms with Crippen molar-refractivity contribution in [1.82, 2.24) is 9.80 Å². The zero-order valence-corrected chi connectivity index (χ0v) is 6.95. The van der Waals surface area contributed by atoms with E-state index in [0.29, 0.717) is 12.8 Å². The highest BCUT2D eigenvalue weighted by molar-refractivity contribution is 5.85. The van der Waals surface area contributed by atoms with Crippen molar-refractivity contribution in [2.75, 3.05) is 26.2 Å². The Morgan fingerprint density at radius 1 is 0.833 bits per heavy atom. The molecule has 66 valence electrons. The Bertz CT molecular complexity index is 195. The Morgan fingerprint density at radius 3 is 1.42 bits per heavy atom. The van der Waals surface area contributed by atoms with Crippen LogP contribution in [-0.2, 0) is 9.59 Å². The molecule has 2 rings (SSSR count). The van der Waals surface area contributed by atoms with Crippen molar-refractivity contribution in [3.8, 4) is 0 Å². The van der Waals surface area contributed by atoms with Gasteiger partial charge in [0, 0.05) is 39.0 Å². The average molecular weight is 168 g/mol. The van der Waals surface area contributed by atoms with E-state index in [0.717, 1.165) is 26.2 Å². The van der Waals surface area contributed by atoms with Crippen molar-refractivity contribution >= 4 is 11.8 Å². The molecule has 2 aliphatic heterocycles. The molecule has 2 heterocycles. The van der Waals surface area contributed by atoms with Gasteiger partial charge in [0.2, 0.25) is 11.8 Å². The van der Waals surface area contributed by atoms with Crippen LogP contribution >= 0.6 is 0 Å². The second kappa shape index (κ2) is 2.77. The van der Waals surface area contributed by atoms with E-state index < -0.39 is 0 Å². The number of hydrogen-bond donors (Lipinski definition) is 0. The van der Waals surface area contributed by atoms with E-state index in [2.05, 4.69) is 0 Å². The van der Waals surface area contributed by atoms with Crippen molar-refractivity contribution in [3.05, 3.63) is 0 Å². The molecule has 0 N–H and O–H groups in total. The molecule has 2 amide bonds. The van der Waals surface area contributed by atoms with Crippen molar-refractivity contribution in [2.24, 2.45) is 0 Å². The fourth-order valence-electron chi connectivity index (χ4n) is 1.13. The summed E-state index contributed by atoms with van der Waals surface area (Å²) in [5.74, 6) is 0.260. The molecule has 0 aromatic rings. The molecule has 0 unspecified atom stereocenters. The number of rotatable bonds is 3. The van der Waals surface area contributed by atoms with Crippen LogP contribution in [-0.4, -0.2) is 47.8 Å². The molecule has 2 fully saturated rings. The summed E-state index contributed by atoms with van der Waals surface area (Å²) in [7, 11) is 0. The van der Waals surface area contributed by atoms with E-state index in [1.54, 1.807) is 9.80 Å². The summed E-state index contributed by atoms with van der Waals surface area (Å²) >= 11 is 0. The topological polar surface area (TPSA) is 40.2 Å². The van der Waals surface area contributed by atoms with Crippen LogP contribution in [0.15, 0.2) is 0 Å². The first-order valence-corrected chi connectivity index (χ1v) is 4.33. The van der Waals surface area contributed by atoms with Gasteiger partial charge in [-0.05, 0) is 0 Å². The Morgan fingerprint density at radius 2 is 1.17 bits per heavy atom. The number of carbonyl (C=O) groups is 2. The van der Waals surface area contributed by atoms with E-state index in [-0.39, 0.29) is 11.8 Å². The zero-order valence-electron chi connectivity index (χ0n) is 6.95. The van der Waals surface area contributed by atoms with Crippen LogP contribution in [0.3, 0.4) is 0 Å². The largest absolute Gasteiger partial charge is 0.339 e. The molecule has 0 atom stereocenters. The highest BCUT2D eigenvalue weighted by Gasteiger charge is 2.27. The molecule has 0 bridgehead atoms. The van der Waals surface area contributed by atoms with Crippen LogP contribution in [0.5, 0.6) is 0 Å². The van der Waals surface area contributed by atoms with Gasteiger partial charge in [-0.2, -0.15) is 0 Å². The van der Waals surface area contributed by atoms with Gasteiger partial charge in [-0.1, -0.05) is 0 Å². The SMILES string of the molecule is O=C(CCC(=O)N1CC1)N1CC1. The van der Waals surface area contributed by atoms with Gasteiger partial charge in [-0.3, -0.25) is 9.59 Å². The summed E-state index contributed by atoms with van der Waals surface area (Å²) in [4.78, 5) is 25.7. The first-order chi connectivity index (χ1) is 5.77. The molecule has 0 spiro atoms. The average Bonchev–Trinajstić information content (AvgIpc) is 2.91. The van der Waals surface area contributed by atoms with Gasteiger partial charge in [0.1, 0.15) is 0 Å². The van der Waals surface area contributed by atoms with E-state index in [1.165, 1.54) is 0 Å². The lowest BCUT2D eigenvalue weighted by Gasteiger charge is -2.01. The van der Waals surface area contributed by atoms with Gasteiger partial charge in [0.25, 0.3) is 0 Å². The predicted octanol–water partition coefficient (Wildman–Crippen LogP) is -0.549. The maximum absolute atomic E-state index is 11.1. The van der Waals surface area contributed by atoms with E-state index in [1.807, 2.05) is 0 Å². The highest BCUT2D eigenvalue weighted by atomic mass is 16.2. The Hall–Kier alpha value is -1.06. The maximum atomic E-state index is 11.1. The normalized spacial score (nSPS) is 19.3. The molecule has 2 saturated heterocycles. The summed E-state index contributed by atoms with van der Waals surface area (Å²) in [6, 6.07) is 0. The molecule has 4 heteroatoms. The first kappa shape index (κ1) is 7.58. The lowest BCUT2D eigenvalue weighted by Crippen LogP contribution is -2.16. The second-order valence-electron chi connectivity index (χ2n) is 3.26. The van der Waals surface area contributed by atoms with Crippen molar-refractivity contribution in [3.63, 3.8) is 0 Å². The van der Waals surface area contributed by atoms with Gasteiger partial charge < -0.3 is 9.80 Å².